The van der Waals surface area contributed by atoms with Crippen LogP contribution in [0.4, 0.5) is 5.82 Å². The van der Waals surface area contributed by atoms with Gasteiger partial charge in [0, 0.05) is 42.7 Å². The molecule has 0 saturated heterocycles. The third-order valence-electron chi connectivity index (χ3n) is 12.0. The van der Waals surface area contributed by atoms with E-state index in [0.29, 0.717) is 51.7 Å². The third-order valence-corrected chi connectivity index (χ3v) is 12.0. The number of aromatic nitrogens is 2. The highest BCUT2D eigenvalue weighted by Crippen LogP contribution is 2.41. The number of rotatable bonds is 18. The zero-order valence-corrected chi connectivity index (χ0v) is 41.1. The fourth-order valence-corrected chi connectivity index (χ4v) is 8.16. The number of nitrogen functional groups attached to an aromatic ring is 1. The van der Waals surface area contributed by atoms with Crippen LogP contribution >= 0.6 is 0 Å². The number of nitriles is 1. The Morgan fingerprint density at radius 2 is 1.54 bits per heavy atom. The fourth-order valence-electron chi connectivity index (χ4n) is 8.16. The van der Waals surface area contributed by atoms with Crippen LogP contribution in [-0.2, 0) is 25.6 Å². The molecular weight excluding hydrogens is 895 g/mol. The number of nitrogens with zero attached hydrogens (tertiary/aromatic N) is 4. The van der Waals surface area contributed by atoms with Crippen LogP contribution in [0, 0.1) is 35.5 Å². The van der Waals surface area contributed by atoms with E-state index in [9.17, 15) is 29.2 Å². The molecule has 5 atom stereocenters. The van der Waals surface area contributed by atoms with E-state index in [0.717, 1.165) is 6.42 Å². The molecule has 4 aromatic rings. The lowest BCUT2D eigenvalue weighted by Gasteiger charge is -2.33. The summed E-state index contributed by atoms with van der Waals surface area (Å²) < 4.78 is 18.2. The highest BCUT2D eigenvalue weighted by molar-refractivity contribution is 6.02. The van der Waals surface area contributed by atoms with Gasteiger partial charge in [0.15, 0.2) is 11.6 Å². The summed E-state index contributed by atoms with van der Waals surface area (Å²) in [5.41, 5.74) is 27.1. The molecule has 0 aliphatic carbocycles. The van der Waals surface area contributed by atoms with E-state index in [4.69, 9.17) is 37.1 Å². The number of likely N-dealkylation sites (N-methyl/N-ethyl adjacent to an activating group) is 1. The van der Waals surface area contributed by atoms with Crippen LogP contribution in [-0.4, -0.2) is 109 Å². The molecule has 4 bridgehead atoms. The molecule has 70 heavy (non-hydrogen) atoms. The summed E-state index contributed by atoms with van der Waals surface area (Å²) in [4.78, 5) is 81.7. The van der Waals surface area contributed by atoms with Gasteiger partial charge in [0.25, 0.3) is 5.91 Å². The molecule has 0 fully saturated rings. The van der Waals surface area contributed by atoms with Crippen molar-refractivity contribution in [3.8, 4) is 45.8 Å². The summed E-state index contributed by atoms with van der Waals surface area (Å²) in [6.45, 7) is 12.0. The molecule has 1 aliphatic rings. The first-order chi connectivity index (χ1) is 33.3. The van der Waals surface area contributed by atoms with Crippen LogP contribution in [0.2, 0.25) is 0 Å². The molecular formula is C51H67N11O8. The van der Waals surface area contributed by atoms with Crippen LogP contribution in [0.3, 0.4) is 0 Å². The summed E-state index contributed by atoms with van der Waals surface area (Å²) in [6.07, 6.45) is 0.922. The normalized spacial score (nSPS) is 17.5. The average Bonchev–Trinajstić information content (AvgIpc) is 3.32. The molecule has 0 spiro atoms. The summed E-state index contributed by atoms with van der Waals surface area (Å²) in [5, 5.41) is 17.4. The molecule has 1 unspecified atom stereocenters. The van der Waals surface area contributed by atoms with Crippen LogP contribution in [0.25, 0.3) is 22.5 Å². The molecule has 19 heteroatoms. The lowest BCUT2D eigenvalue weighted by Crippen LogP contribution is -2.53. The van der Waals surface area contributed by atoms with Gasteiger partial charge in [-0.1, -0.05) is 39.8 Å². The number of nitrogens with two attached hydrogens (primary N) is 4. The number of carbonyl (C=O) groups excluding carboxylic acids is 5. The van der Waals surface area contributed by atoms with Crippen molar-refractivity contribution >= 4 is 35.2 Å². The predicted octanol–water partition coefficient (Wildman–Crippen LogP) is 3.36. The molecule has 3 aromatic carbocycles. The molecule has 2 heterocycles. The van der Waals surface area contributed by atoms with E-state index in [1.165, 1.54) is 18.9 Å². The monoisotopic (exact) mass is 962 g/mol. The number of ketones is 1. The maximum Gasteiger partial charge on any atom is 0.257 e. The van der Waals surface area contributed by atoms with Gasteiger partial charge in [-0.25, -0.2) is 9.97 Å². The maximum absolute atomic E-state index is 14.8. The Labute approximate surface area is 409 Å². The van der Waals surface area contributed by atoms with Gasteiger partial charge in [0.1, 0.15) is 60.5 Å². The highest BCUT2D eigenvalue weighted by Gasteiger charge is 2.38. The molecule has 0 radical (unpaired) electrons. The molecule has 0 saturated carbocycles. The standard InChI is InChI=1S/C51H67N11O8/c1-29-36(47(64)57-22-19-53)26-32-8-14-40(69-24-20-54)37(27-32)38-28-34(11-15-41(38)70-25-21-55)43(49(66)59-31(3)44(29)63)62(7)50(67)39(16-18-52)60-48(65)42-30(2)58-46(61-45(42)56)33-9-12-35(13-10-33)68-23-17-51(4,5)6/h8-15,27-29,31,36,39,43H,16-18,20-26,52,54-55H2,1-7H3,(H,57,64)(H,59,66)(H,60,65)(H2,56,58,61)/t29?,31-,36+,39-,43-/m0/s1. The van der Waals surface area contributed by atoms with E-state index >= 15 is 0 Å². The van der Waals surface area contributed by atoms with Crippen LogP contribution < -0.4 is 53.1 Å². The second-order valence-electron chi connectivity index (χ2n) is 18.5. The van der Waals surface area contributed by atoms with Gasteiger partial charge in [-0.05, 0) is 105 Å². The lowest BCUT2D eigenvalue weighted by molar-refractivity contribution is -0.142. The van der Waals surface area contributed by atoms with Crippen molar-refractivity contribution in [3.05, 3.63) is 83.0 Å². The van der Waals surface area contributed by atoms with Gasteiger partial charge < -0.3 is 58.0 Å². The van der Waals surface area contributed by atoms with Crippen LogP contribution in [0.1, 0.15) is 80.7 Å². The molecule has 11 N–H and O–H groups in total. The molecule has 19 nitrogen and oxygen atoms in total. The fraction of sp³-hybridized carbons (Fsp3) is 0.451. The number of carbonyl (C=O) groups is 5. The van der Waals surface area contributed by atoms with Gasteiger partial charge in [0.05, 0.1) is 30.3 Å². The van der Waals surface area contributed by atoms with Crippen molar-refractivity contribution in [2.45, 2.75) is 78.9 Å². The van der Waals surface area contributed by atoms with E-state index in [2.05, 4.69) is 46.7 Å². The Kier molecular flexibility index (Phi) is 18.8. The smallest absolute Gasteiger partial charge is 0.257 e. The molecule has 1 aliphatic heterocycles. The van der Waals surface area contributed by atoms with Crippen molar-refractivity contribution in [3.63, 3.8) is 0 Å². The lowest BCUT2D eigenvalue weighted by atomic mass is 9.81. The Morgan fingerprint density at radius 3 is 2.14 bits per heavy atom. The topological polar surface area (TPSA) is 306 Å². The zero-order valence-electron chi connectivity index (χ0n) is 41.1. The number of nitrogens with one attached hydrogen (secondary N) is 3. The summed E-state index contributed by atoms with van der Waals surface area (Å²) >= 11 is 0. The quantitative estimate of drug-likeness (QED) is 0.0704. The minimum atomic E-state index is -1.42. The van der Waals surface area contributed by atoms with Crippen molar-refractivity contribution in [2.75, 3.05) is 58.8 Å². The first kappa shape index (κ1) is 53.8. The minimum Gasteiger partial charge on any atom is -0.494 e. The number of amides is 4. The largest absolute Gasteiger partial charge is 0.494 e. The summed E-state index contributed by atoms with van der Waals surface area (Å²) in [6, 6.07) is 15.5. The average molecular weight is 962 g/mol. The number of anilines is 1. The molecule has 4 amide bonds. The Bertz CT molecular complexity index is 2530. The number of benzene rings is 3. The van der Waals surface area contributed by atoms with Crippen LogP contribution in [0.5, 0.6) is 17.2 Å². The number of hydrogen-bond acceptors (Lipinski definition) is 15. The Balaban J connectivity index is 1.54. The Morgan fingerprint density at radius 1 is 0.900 bits per heavy atom. The molecule has 374 valence electrons. The van der Waals surface area contributed by atoms with Gasteiger partial charge >= 0.3 is 0 Å². The molecule has 1 aromatic heterocycles. The second kappa shape index (κ2) is 24.4. The number of hydrogen-bond donors (Lipinski definition) is 7. The Hall–Kier alpha value is -7.14. The number of Topliss-reactive ketones (excluding diaryl/α,β-unsaturated/α-hetero) is 1. The van der Waals surface area contributed by atoms with Crippen LogP contribution in [0.15, 0.2) is 60.7 Å². The van der Waals surface area contributed by atoms with Crippen molar-refractivity contribution < 1.29 is 38.2 Å². The third kappa shape index (κ3) is 13.6. The zero-order chi connectivity index (χ0) is 51.3. The van der Waals surface area contributed by atoms with E-state index in [-0.39, 0.29) is 80.5 Å². The van der Waals surface area contributed by atoms with E-state index < -0.39 is 59.4 Å². The number of fused-ring (bicyclic) bond motifs is 5. The van der Waals surface area contributed by atoms with Crippen molar-refractivity contribution in [1.29, 1.82) is 5.26 Å². The van der Waals surface area contributed by atoms with Crippen molar-refractivity contribution in [1.82, 2.24) is 30.8 Å². The second-order valence-corrected chi connectivity index (χ2v) is 18.5. The first-order valence-electron chi connectivity index (χ1n) is 23.4. The summed E-state index contributed by atoms with van der Waals surface area (Å²) in [5.74, 6) is -3.45. The predicted molar refractivity (Wildman–Crippen MR) is 265 cm³/mol. The SMILES string of the molecule is Cc1nc(-c2ccc(OCCC(C)(C)C)cc2)nc(N)c1C(=O)N[C@@H](CCN)C(=O)N(C)[C@@H]1C(=O)N[C@@H](C)C(=O)C(C)[C@H](C(=O)NCC#N)Cc2ccc(OCCN)c(c2)-c2cc1ccc2OCCN. The molecule has 5 rings (SSSR count). The summed E-state index contributed by atoms with van der Waals surface area (Å²) in [7, 11) is 1.41. The van der Waals surface area contributed by atoms with Gasteiger partial charge in [0.2, 0.25) is 17.7 Å². The number of ether oxygens (including phenoxy) is 3. The maximum atomic E-state index is 14.8. The first-order valence-corrected chi connectivity index (χ1v) is 23.4. The number of aryl methyl sites for hydroxylation is 1. The van der Waals surface area contributed by atoms with Crippen molar-refractivity contribution in [2.24, 2.45) is 34.5 Å². The van der Waals surface area contributed by atoms with Gasteiger partial charge in [-0.3, -0.25) is 24.0 Å². The van der Waals surface area contributed by atoms with E-state index in [1.54, 1.807) is 62.4 Å². The van der Waals surface area contributed by atoms with Gasteiger partial charge in [-0.15, -0.1) is 0 Å². The highest BCUT2D eigenvalue weighted by atomic mass is 16.5. The van der Waals surface area contributed by atoms with Gasteiger partial charge in [-0.2, -0.15) is 5.26 Å². The minimum absolute atomic E-state index is 0.0347. The van der Waals surface area contributed by atoms with E-state index in [1.807, 2.05) is 18.2 Å².